The lowest BCUT2D eigenvalue weighted by molar-refractivity contribution is -0.148. The fraction of sp³-hybridized carbons (Fsp3) is 0.909. The van der Waals surface area contributed by atoms with Gasteiger partial charge in [-0.15, -0.1) is 0 Å². The Morgan fingerprint density at radius 3 is 2.50 bits per heavy atom. The van der Waals surface area contributed by atoms with Crippen molar-refractivity contribution < 1.29 is 9.53 Å². The van der Waals surface area contributed by atoms with Crippen LogP contribution < -0.4 is 0 Å². The van der Waals surface area contributed by atoms with Gasteiger partial charge < -0.3 is 4.74 Å². The van der Waals surface area contributed by atoms with Crippen molar-refractivity contribution in [2.75, 3.05) is 11.9 Å². The van der Waals surface area contributed by atoms with E-state index in [2.05, 4.69) is 15.9 Å². The van der Waals surface area contributed by atoms with E-state index in [4.69, 9.17) is 4.74 Å². The van der Waals surface area contributed by atoms with E-state index in [0.717, 1.165) is 24.6 Å². The van der Waals surface area contributed by atoms with Crippen LogP contribution in [0.2, 0.25) is 0 Å². The van der Waals surface area contributed by atoms with E-state index in [9.17, 15) is 4.79 Å². The van der Waals surface area contributed by atoms with Crippen LogP contribution in [0, 0.1) is 5.92 Å². The fourth-order valence-electron chi connectivity index (χ4n) is 1.41. The Bertz CT molecular complexity index is 148. The monoisotopic (exact) mass is 264 g/mol. The Labute approximate surface area is 95.5 Å². The van der Waals surface area contributed by atoms with Crippen molar-refractivity contribution in [2.45, 2.75) is 46.0 Å². The number of carbonyl (C=O) groups is 1. The quantitative estimate of drug-likeness (QED) is 0.381. The SMILES string of the molecule is CCOC(=O)C(CC)CCCCCBr. The molecule has 14 heavy (non-hydrogen) atoms. The van der Waals surface area contributed by atoms with Gasteiger partial charge in [-0.05, 0) is 26.2 Å². The van der Waals surface area contributed by atoms with Gasteiger partial charge in [0.05, 0.1) is 12.5 Å². The first-order chi connectivity index (χ1) is 6.76. The van der Waals surface area contributed by atoms with E-state index in [1.807, 2.05) is 13.8 Å². The van der Waals surface area contributed by atoms with Crippen LogP contribution >= 0.6 is 15.9 Å². The van der Waals surface area contributed by atoms with E-state index in [-0.39, 0.29) is 11.9 Å². The summed E-state index contributed by atoms with van der Waals surface area (Å²) in [6.07, 6.45) is 5.39. The van der Waals surface area contributed by atoms with Crippen molar-refractivity contribution in [1.82, 2.24) is 0 Å². The molecule has 0 aromatic carbocycles. The highest BCUT2D eigenvalue weighted by atomic mass is 79.9. The molecule has 0 N–H and O–H groups in total. The second-order valence-electron chi connectivity index (χ2n) is 3.40. The van der Waals surface area contributed by atoms with Gasteiger partial charge in [-0.2, -0.15) is 0 Å². The van der Waals surface area contributed by atoms with Gasteiger partial charge in [-0.3, -0.25) is 4.79 Å². The maximum atomic E-state index is 11.4. The summed E-state index contributed by atoms with van der Waals surface area (Å²) < 4.78 is 5.00. The number of unbranched alkanes of at least 4 members (excludes halogenated alkanes) is 2. The smallest absolute Gasteiger partial charge is 0.308 e. The van der Waals surface area contributed by atoms with E-state index in [1.165, 1.54) is 12.8 Å². The van der Waals surface area contributed by atoms with Crippen molar-refractivity contribution in [2.24, 2.45) is 5.92 Å². The minimum absolute atomic E-state index is 0.0196. The molecule has 0 saturated heterocycles. The minimum Gasteiger partial charge on any atom is -0.466 e. The van der Waals surface area contributed by atoms with Crippen LogP contribution in [-0.2, 0) is 9.53 Å². The van der Waals surface area contributed by atoms with Crippen LogP contribution in [0.5, 0.6) is 0 Å². The summed E-state index contributed by atoms with van der Waals surface area (Å²) in [6, 6.07) is 0. The lowest BCUT2D eigenvalue weighted by Gasteiger charge is -2.12. The third kappa shape index (κ3) is 6.41. The zero-order valence-electron chi connectivity index (χ0n) is 9.22. The van der Waals surface area contributed by atoms with Crippen molar-refractivity contribution in [1.29, 1.82) is 0 Å². The number of carbonyl (C=O) groups excluding carboxylic acids is 1. The largest absolute Gasteiger partial charge is 0.466 e. The highest BCUT2D eigenvalue weighted by molar-refractivity contribution is 9.09. The van der Waals surface area contributed by atoms with E-state index in [0.29, 0.717) is 6.61 Å². The molecule has 0 saturated carbocycles. The second-order valence-corrected chi connectivity index (χ2v) is 4.19. The Morgan fingerprint density at radius 1 is 1.29 bits per heavy atom. The molecule has 2 nitrogen and oxygen atoms in total. The van der Waals surface area contributed by atoms with E-state index in [1.54, 1.807) is 0 Å². The zero-order chi connectivity index (χ0) is 10.8. The normalized spacial score (nSPS) is 12.5. The maximum absolute atomic E-state index is 11.4. The molecule has 0 aliphatic carbocycles. The first-order valence-electron chi connectivity index (χ1n) is 5.48. The Kier molecular flexibility index (Phi) is 9.47. The van der Waals surface area contributed by atoms with Gasteiger partial charge in [0, 0.05) is 5.33 Å². The highest BCUT2D eigenvalue weighted by Crippen LogP contribution is 2.15. The molecule has 0 spiro atoms. The molecule has 0 aliphatic rings. The molecule has 84 valence electrons. The zero-order valence-corrected chi connectivity index (χ0v) is 10.8. The third-order valence-electron chi connectivity index (χ3n) is 2.30. The van der Waals surface area contributed by atoms with Gasteiger partial charge in [0.15, 0.2) is 0 Å². The highest BCUT2D eigenvalue weighted by Gasteiger charge is 2.16. The number of esters is 1. The first-order valence-corrected chi connectivity index (χ1v) is 6.61. The predicted molar refractivity (Wildman–Crippen MR) is 62.7 cm³/mol. The molecule has 0 radical (unpaired) electrons. The average Bonchev–Trinajstić information content (AvgIpc) is 2.18. The van der Waals surface area contributed by atoms with Gasteiger partial charge in [-0.25, -0.2) is 0 Å². The van der Waals surface area contributed by atoms with Crippen molar-refractivity contribution in [3.63, 3.8) is 0 Å². The first kappa shape index (κ1) is 13.9. The Hall–Kier alpha value is -0.0500. The van der Waals surface area contributed by atoms with Gasteiger partial charge >= 0.3 is 5.97 Å². The molecule has 0 rings (SSSR count). The predicted octanol–water partition coefficient (Wildman–Crippen LogP) is 3.53. The summed E-state index contributed by atoms with van der Waals surface area (Å²) >= 11 is 3.40. The van der Waals surface area contributed by atoms with Gasteiger partial charge in [0.1, 0.15) is 0 Å². The van der Waals surface area contributed by atoms with Crippen molar-refractivity contribution in [3.8, 4) is 0 Å². The molecule has 0 aromatic rings. The molecular weight excluding hydrogens is 244 g/mol. The summed E-state index contributed by atoms with van der Waals surface area (Å²) in [6.45, 7) is 4.40. The summed E-state index contributed by atoms with van der Waals surface area (Å²) in [5.74, 6) is 0.0964. The minimum atomic E-state index is -0.0196. The number of hydrogen-bond donors (Lipinski definition) is 0. The van der Waals surface area contributed by atoms with Crippen LogP contribution in [-0.4, -0.2) is 17.9 Å². The molecule has 0 amide bonds. The number of halogens is 1. The van der Waals surface area contributed by atoms with Gasteiger partial charge in [0.2, 0.25) is 0 Å². The number of alkyl halides is 1. The molecule has 1 unspecified atom stereocenters. The fourth-order valence-corrected chi connectivity index (χ4v) is 1.81. The molecule has 0 fully saturated rings. The van der Waals surface area contributed by atoms with Crippen molar-refractivity contribution in [3.05, 3.63) is 0 Å². The van der Waals surface area contributed by atoms with Gasteiger partial charge in [0.25, 0.3) is 0 Å². The molecule has 0 bridgehead atoms. The van der Waals surface area contributed by atoms with Gasteiger partial charge in [-0.1, -0.05) is 35.7 Å². The summed E-state index contributed by atoms with van der Waals surface area (Å²) in [5, 5.41) is 1.06. The molecule has 0 aromatic heterocycles. The number of rotatable bonds is 8. The van der Waals surface area contributed by atoms with Crippen LogP contribution in [0.4, 0.5) is 0 Å². The topological polar surface area (TPSA) is 26.3 Å². The lowest BCUT2D eigenvalue weighted by Crippen LogP contribution is -2.16. The average molecular weight is 265 g/mol. The van der Waals surface area contributed by atoms with E-state index >= 15 is 0 Å². The van der Waals surface area contributed by atoms with Crippen LogP contribution in [0.3, 0.4) is 0 Å². The maximum Gasteiger partial charge on any atom is 0.308 e. The standard InChI is InChI=1S/C11H21BrO2/c1-3-10(11(13)14-4-2)8-6-5-7-9-12/h10H,3-9H2,1-2H3. The molecule has 3 heteroatoms. The molecule has 1 atom stereocenters. The molecular formula is C11H21BrO2. The Balaban J connectivity index is 3.62. The summed E-state index contributed by atoms with van der Waals surface area (Å²) in [5.41, 5.74) is 0. The van der Waals surface area contributed by atoms with E-state index < -0.39 is 0 Å². The van der Waals surface area contributed by atoms with Crippen LogP contribution in [0.25, 0.3) is 0 Å². The lowest BCUT2D eigenvalue weighted by atomic mass is 9.99. The van der Waals surface area contributed by atoms with Crippen LogP contribution in [0.1, 0.15) is 46.0 Å². The summed E-state index contributed by atoms with van der Waals surface area (Å²) in [7, 11) is 0. The summed E-state index contributed by atoms with van der Waals surface area (Å²) in [4.78, 5) is 11.4. The number of hydrogen-bond acceptors (Lipinski definition) is 2. The van der Waals surface area contributed by atoms with Crippen molar-refractivity contribution >= 4 is 21.9 Å². The Morgan fingerprint density at radius 2 is 2.00 bits per heavy atom. The van der Waals surface area contributed by atoms with Crippen LogP contribution in [0.15, 0.2) is 0 Å². The number of ether oxygens (including phenoxy) is 1. The second kappa shape index (κ2) is 9.50. The molecule has 0 aliphatic heterocycles. The molecule has 0 heterocycles. The third-order valence-corrected chi connectivity index (χ3v) is 2.86.